The molecule has 14 nitrogen and oxygen atoms in total. The highest BCUT2D eigenvalue weighted by molar-refractivity contribution is 5.83. The largest absolute Gasteiger partial charge is 0.481 e. The molecule has 28 heavy (non-hydrogen) atoms. The number of carboxylic acids is 2. The zero-order valence-corrected chi connectivity index (χ0v) is 13.9. The summed E-state index contributed by atoms with van der Waals surface area (Å²) in [4.78, 5) is 39.7. The maximum atomic E-state index is 14.4. The van der Waals surface area contributed by atoms with Crippen molar-refractivity contribution in [3.05, 3.63) is 33.2 Å². The van der Waals surface area contributed by atoms with Gasteiger partial charge in [0, 0.05) is 11.1 Å². The number of aliphatic carboxylic acids is 2. The van der Waals surface area contributed by atoms with Crippen LogP contribution < -0.4 is 11.0 Å². The summed E-state index contributed by atoms with van der Waals surface area (Å²) < 4.78 is 20.1. The molecule has 1 saturated heterocycles. The van der Waals surface area contributed by atoms with Crippen LogP contribution in [0.1, 0.15) is 12.6 Å². The Labute approximate surface area is 154 Å². The second kappa shape index (κ2) is 8.18. The number of aliphatic hydroxyl groups excluding tert-OH is 2. The van der Waals surface area contributed by atoms with Gasteiger partial charge in [-0.1, -0.05) is 5.11 Å². The number of aromatic nitrogens is 2. The standard InChI is InChI=1S/C13H15FN6O8/c14-8-9(24)13(4-21,18-19-15)28-10(8)20-2-1-6(17-12(20)27)16-5(11(25)26)3-7(22)23/h1-2,5,8-10,21,24H,3-4H2,(H,22,23)(H,25,26)(H,16,17,27)/t5-,8-,9?,10?,13+/m0/s1. The molecule has 1 aliphatic rings. The van der Waals surface area contributed by atoms with Crippen molar-refractivity contribution in [3.8, 4) is 0 Å². The molecule has 0 aliphatic carbocycles. The van der Waals surface area contributed by atoms with E-state index < -0.39 is 60.9 Å². The van der Waals surface area contributed by atoms with Crippen LogP contribution in [0.25, 0.3) is 10.4 Å². The van der Waals surface area contributed by atoms with E-state index in [-0.39, 0.29) is 5.82 Å². The number of carbonyl (C=O) groups is 2. The molecule has 2 rings (SSSR count). The van der Waals surface area contributed by atoms with Crippen molar-refractivity contribution in [3.63, 3.8) is 0 Å². The molecular formula is C13H15FN6O8. The molecular weight excluding hydrogens is 387 g/mol. The van der Waals surface area contributed by atoms with Gasteiger partial charge in [-0.05, 0) is 11.6 Å². The second-order valence-corrected chi connectivity index (χ2v) is 5.73. The summed E-state index contributed by atoms with van der Waals surface area (Å²) in [6.45, 7) is -1.06. The molecule has 0 amide bonds. The van der Waals surface area contributed by atoms with Crippen molar-refractivity contribution < 1.29 is 39.1 Å². The molecule has 5 N–H and O–H groups in total. The van der Waals surface area contributed by atoms with Crippen LogP contribution in [-0.4, -0.2) is 72.6 Å². The first-order chi connectivity index (χ1) is 13.1. The quantitative estimate of drug-likeness (QED) is 0.199. The second-order valence-electron chi connectivity index (χ2n) is 5.73. The highest BCUT2D eigenvalue weighted by atomic mass is 19.1. The Morgan fingerprint density at radius 2 is 2.21 bits per heavy atom. The normalized spacial score (nSPS) is 27.6. The Hall–Kier alpha value is -3.26. The van der Waals surface area contributed by atoms with E-state index in [1.54, 1.807) is 0 Å². The third kappa shape index (κ3) is 4.01. The van der Waals surface area contributed by atoms with Crippen molar-refractivity contribution in [2.75, 3.05) is 11.9 Å². The summed E-state index contributed by atoms with van der Waals surface area (Å²) in [5.74, 6) is -3.20. The smallest absolute Gasteiger partial charge is 0.351 e. The molecule has 1 fully saturated rings. The maximum Gasteiger partial charge on any atom is 0.351 e. The van der Waals surface area contributed by atoms with Crippen LogP contribution >= 0.6 is 0 Å². The van der Waals surface area contributed by atoms with Crippen molar-refractivity contribution in [1.82, 2.24) is 9.55 Å². The van der Waals surface area contributed by atoms with Crippen molar-refractivity contribution in [2.45, 2.75) is 36.7 Å². The number of ether oxygens (including phenoxy) is 1. The van der Waals surface area contributed by atoms with Gasteiger partial charge in [0.2, 0.25) is 5.72 Å². The molecule has 152 valence electrons. The lowest BCUT2D eigenvalue weighted by Crippen LogP contribution is -2.43. The first kappa shape index (κ1) is 21.0. The number of azide groups is 1. The first-order valence-corrected chi connectivity index (χ1v) is 7.62. The molecule has 0 aromatic carbocycles. The summed E-state index contributed by atoms with van der Waals surface area (Å²) in [7, 11) is 0. The number of anilines is 1. The number of aliphatic hydroxyl groups is 2. The maximum absolute atomic E-state index is 14.4. The van der Waals surface area contributed by atoms with Gasteiger partial charge in [-0.2, -0.15) is 4.98 Å². The molecule has 15 heteroatoms. The summed E-state index contributed by atoms with van der Waals surface area (Å²) >= 11 is 0. The Bertz CT molecular complexity index is 873. The molecule has 0 saturated carbocycles. The number of alkyl halides is 1. The van der Waals surface area contributed by atoms with Gasteiger partial charge >= 0.3 is 17.6 Å². The molecule has 1 aliphatic heterocycles. The van der Waals surface area contributed by atoms with Crippen molar-refractivity contribution >= 4 is 17.8 Å². The highest BCUT2D eigenvalue weighted by Crippen LogP contribution is 2.39. The molecule has 2 heterocycles. The summed E-state index contributed by atoms with van der Waals surface area (Å²) in [6.07, 6.45) is -5.98. The Morgan fingerprint density at radius 3 is 2.71 bits per heavy atom. The average Bonchev–Trinajstić information content (AvgIpc) is 2.87. The molecule has 2 unspecified atom stereocenters. The predicted octanol–water partition coefficient (Wildman–Crippen LogP) is -1.19. The van der Waals surface area contributed by atoms with Crippen LogP contribution in [-0.2, 0) is 14.3 Å². The number of nitrogens with zero attached hydrogens (tertiary/aromatic N) is 5. The molecule has 0 radical (unpaired) electrons. The topological polar surface area (TPSA) is 220 Å². The number of carboxylic acid groups (broad SMARTS) is 2. The average molecular weight is 402 g/mol. The van der Waals surface area contributed by atoms with Crippen LogP contribution in [0.4, 0.5) is 10.2 Å². The van der Waals surface area contributed by atoms with E-state index in [0.717, 1.165) is 12.3 Å². The zero-order chi connectivity index (χ0) is 21.1. The Balaban J connectivity index is 2.29. The molecule has 0 bridgehead atoms. The fourth-order valence-electron chi connectivity index (χ4n) is 2.52. The van der Waals surface area contributed by atoms with Crippen LogP contribution in [0.5, 0.6) is 0 Å². The Morgan fingerprint density at radius 1 is 1.54 bits per heavy atom. The zero-order valence-electron chi connectivity index (χ0n) is 13.9. The van der Waals surface area contributed by atoms with E-state index in [4.69, 9.17) is 20.5 Å². The SMILES string of the molecule is [N-]=[N+]=N[C@]1(CO)OC(n2ccc(N[C@@H](CC(=O)O)C(=O)O)nc2=O)[C@@H](F)C1O. The molecule has 1 aromatic heterocycles. The van der Waals surface area contributed by atoms with E-state index in [2.05, 4.69) is 20.3 Å². The van der Waals surface area contributed by atoms with E-state index >= 15 is 0 Å². The van der Waals surface area contributed by atoms with Gasteiger partial charge in [0.25, 0.3) is 0 Å². The predicted molar refractivity (Wildman–Crippen MR) is 85.8 cm³/mol. The Kier molecular flexibility index (Phi) is 6.15. The van der Waals surface area contributed by atoms with Crippen molar-refractivity contribution in [1.29, 1.82) is 0 Å². The van der Waals surface area contributed by atoms with Gasteiger partial charge in [0.05, 0.1) is 13.0 Å². The minimum Gasteiger partial charge on any atom is -0.481 e. The number of halogens is 1. The van der Waals surface area contributed by atoms with Gasteiger partial charge < -0.3 is 30.5 Å². The van der Waals surface area contributed by atoms with Crippen LogP contribution in [0.15, 0.2) is 22.2 Å². The minimum absolute atomic E-state index is 0.299. The van der Waals surface area contributed by atoms with Crippen molar-refractivity contribution in [2.24, 2.45) is 5.11 Å². The molecule has 5 atom stereocenters. The van der Waals surface area contributed by atoms with Gasteiger partial charge in [-0.25, -0.2) is 14.0 Å². The number of hydrogen-bond donors (Lipinski definition) is 5. The third-order valence-electron chi connectivity index (χ3n) is 3.90. The fourth-order valence-corrected chi connectivity index (χ4v) is 2.52. The highest BCUT2D eigenvalue weighted by Gasteiger charge is 2.56. The molecule has 0 spiro atoms. The van der Waals surface area contributed by atoms with Gasteiger partial charge in [-0.3, -0.25) is 9.36 Å². The summed E-state index contributed by atoms with van der Waals surface area (Å²) in [5.41, 5.74) is 5.04. The van der Waals surface area contributed by atoms with E-state index in [1.807, 2.05) is 0 Å². The van der Waals surface area contributed by atoms with Gasteiger partial charge in [-0.15, -0.1) is 0 Å². The van der Waals surface area contributed by atoms with Gasteiger partial charge in [0.15, 0.2) is 12.4 Å². The number of nitrogens with one attached hydrogen (secondary N) is 1. The van der Waals surface area contributed by atoms with E-state index in [0.29, 0.717) is 4.57 Å². The lowest BCUT2D eigenvalue weighted by atomic mass is 10.1. The number of rotatable bonds is 8. The minimum atomic E-state index is -2.34. The summed E-state index contributed by atoms with van der Waals surface area (Å²) in [6, 6.07) is -0.528. The van der Waals surface area contributed by atoms with Crippen LogP contribution in [0.2, 0.25) is 0 Å². The lowest BCUT2D eigenvalue weighted by Gasteiger charge is -2.23. The summed E-state index contributed by atoms with van der Waals surface area (Å²) in [5, 5.41) is 42.2. The van der Waals surface area contributed by atoms with Crippen LogP contribution in [0, 0.1) is 0 Å². The first-order valence-electron chi connectivity index (χ1n) is 7.62. The third-order valence-corrected chi connectivity index (χ3v) is 3.90. The number of hydrogen-bond acceptors (Lipinski definition) is 9. The van der Waals surface area contributed by atoms with Gasteiger partial charge in [0.1, 0.15) is 18.0 Å². The monoisotopic (exact) mass is 402 g/mol. The van der Waals surface area contributed by atoms with E-state index in [9.17, 15) is 29.0 Å². The van der Waals surface area contributed by atoms with E-state index in [1.165, 1.54) is 0 Å². The fraction of sp³-hybridized carbons (Fsp3) is 0.538. The van der Waals surface area contributed by atoms with Crippen LogP contribution in [0.3, 0.4) is 0 Å². The molecule has 1 aromatic rings. The lowest BCUT2D eigenvalue weighted by molar-refractivity contribution is -0.144.